The van der Waals surface area contributed by atoms with Crippen molar-refractivity contribution in [2.75, 3.05) is 58.4 Å². The molecule has 2 aromatic carbocycles. The van der Waals surface area contributed by atoms with Crippen LogP contribution in [-0.4, -0.2) is 72.9 Å². The van der Waals surface area contributed by atoms with E-state index in [1.54, 1.807) is 12.3 Å². The minimum Gasteiger partial charge on any atom is -0.454 e. The number of rotatable bonds is 7. The number of anilines is 1. The number of nitrogens with one attached hydrogen (secondary N) is 2. The molecule has 2 aliphatic rings. The highest BCUT2D eigenvalue weighted by atomic mass is 32.1. The number of hydrogen-bond acceptors (Lipinski definition) is 9. The number of ether oxygens (including phenoxy) is 2. The van der Waals surface area contributed by atoms with Crippen LogP contribution in [0, 0.1) is 5.82 Å². The highest BCUT2D eigenvalue weighted by molar-refractivity contribution is 7.13. The van der Waals surface area contributed by atoms with E-state index >= 15 is 4.39 Å². The van der Waals surface area contributed by atoms with Gasteiger partial charge in [-0.05, 0) is 30.8 Å². The van der Waals surface area contributed by atoms with Crippen molar-refractivity contribution in [2.24, 2.45) is 0 Å². The number of fused-ring (bicyclic) bond motifs is 3. The van der Waals surface area contributed by atoms with E-state index in [2.05, 4.69) is 32.1 Å². The predicted octanol–water partition coefficient (Wildman–Crippen LogP) is 4.52. The number of aromatic amines is 1. The number of halogens is 1. The van der Waals surface area contributed by atoms with E-state index in [-0.39, 0.29) is 17.8 Å². The molecule has 0 amide bonds. The summed E-state index contributed by atoms with van der Waals surface area (Å²) in [6, 6.07) is 8.82. The van der Waals surface area contributed by atoms with Crippen LogP contribution in [-0.2, 0) is 6.42 Å². The van der Waals surface area contributed by atoms with E-state index in [0.717, 1.165) is 38.3 Å². The lowest BCUT2D eigenvalue weighted by Crippen LogP contribution is -2.45. The summed E-state index contributed by atoms with van der Waals surface area (Å²) in [5.41, 5.74) is 2.94. The Hall–Kier alpha value is -3.93. The molecule has 0 aliphatic carbocycles. The molecule has 0 atom stereocenters. The van der Waals surface area contributed by atoms with Crippen molar-refractivity contribution >= 4 is 39.0 Å². The van der Waals surface area contributed by atoms with Crippen LogP contribution >= 0.6 is 11.3 Å². The van der Waals surface area contributed by atoms with E-state index < -0.39 is 11.2 Å². The molecule has 2 N–H and O–H groups in total. The fourth-order valence-corrected chi connectivity index (χ4v) is 6.04. The van der Waals surface area contributed by atoms with E-state index in [1.807, 2.05) is 23.6 Å². The predicted molar refractivity (Wildman–Crippen MR) is 153 cm³/mol. The molecule has 206 valence electrons. The van der Waals surface area contributed by atoms with Gasteiger partial charge in [-0.1, -0.05) is 6.07 Å². The first kappa shape index (κ1) is 25.1. The van der Waals surface area contributed by atoms with Gasteiger partial charge in [0.05, 0.1) is 16.8 Å². The maximum atomic E-state index is 15.5. The molecule has 3 aromatic heterocycles. The Morgan fingerprint density at radius 1 is 1.10 bits per heavy atom. The normalized spacial score (nSPS) is 15.8. The monoisotopic (exact) mass is 561 g/mol. The second-order valence-electron chi connectivity index (χ2n) is 10.2. The molecular weight excluding hydrogens is 533 g/mol. The van der Waals surface area contributed by atoms with Crippen molar-refractivity contribution in [3.8, 4) is 22.2 Å². The molecule has 11 heteroatoms. The molecule has 0 unspecified atom stereocenters. The van der Waals surface area contributed by atoms with Gasteiger partial charge in [0, 0.05) is 69.0 Å². The zero-order chi connectivity index (χ0) is 27.2. The first-order chi connectivity index (χ1) is 19.5. The van der Waals surface area contributed by atoms with Gasteiger partial charge in [-0.2, -0.15) is 0 Å². The van der Waals surface area contributed by atoms with Crippen LogP contribution in [0.3, 0.4) is 0 Å². The lowest BCUT2D eigenvalue weighted by atomic mass is 10.1. The van der Waals surface area contributed by atoms with Crippen molar-refractivity contribution in [2.45, 2.75) is 6.42 Å². The van der Waals surface area contributed by atoms with Crippen molar-refractivity contribution in [3.05, 3.63) is 69.2 Å². The molecule has 9 nitrogen and oxygen atoms in total. The van der Waals surface area contributed by atoms with Gasteiger partial charge >= 0.3 is 0 Å². The summed E-state index contributed by atoms with van der Waals surface area (Å²) in [5, 5.41) is 6.01. The number of hydrogen-bond donors (Lipinski definition) is 2. The molecule has 7 rings (SSSR count). The Balaban J connectivity index is 1.26. The Labute approximate surface area is 233 Å². The number of thiazole rings is 1. The maximum absolute atomic E-state index is 15.5. The lowest BCUT2D eigenvalue weighted by Gasteiger charge is -2.32. The summed E-state index contributed by atoms with van der Waals surface area (Å²) < 4.78 is 32.8. The van der Waals surface area contributed by atoms with Crippen molar-refractivity contribution in [1.29, 1.82) is 0 Å². The first-order valence-corrected chi connectivity index (χ1v) is 14.2. The molecule has 40 heavy (non-hydrogen) atoms. The SMILES string of the molecule is CN1CCN(CCNc2cc(F)c3c(=O)c4c(-c5nccs5)[nH]c(Cc5ccc6c(c5)OCO6)c4oc3c2)CC1. The molecular formula is C29H28FN5O4S. The molecule has 1 fully saturated rings. The summed E-state index contributed by atoms with van der Waals surface area (Å²) >= 11 is 1.40. The second-order valence-corrected chi connectivity index (χ2v) is 11.1. The maximum Gasteiger partial charge on any atom is 0.231 e. The van der Waals surface area contributed by atoms with Crippen LogP contribution in [0.25, 0.3) is 32.6 Å². The van der Waals surface area contributed by atoms with Crippen molar-refractivity contribution in [1.82, 2.24) is 19.8 Å². The van der Waals surface area contributed by atoms with E-state index in [4.69, 9.17) is 13.9 Å². The summed E-state index contributed by atoms with van der Waals surface area (Å²) in [5.74, 6) is 0.762. The van der Waals surface area contributed by atoms with Gasteiger partial charge in [0.15, 0.2) is 17.1 Å². The van der Waals surface area contributed by atoms with Gasteiger partial charge in [-0.25, -0.2) is 9.37 Å². The van der Waals surface area contributed by atoms with E-state index in [9.17, 15) is 4.79 Å². The molecule has 0 spiro atoms. The van der Waals surface area contributed by atoms with Crippen LogP contribution in [0.4, 0.5) is 10.1 Å². The second kappa shape index (κ2) is 10.2. The number of aromatic nitrogens is 2. The first-order valence-electron chi connectivity index (χ1n) is 13.3. The zero-order valence-corrected chi connectivity index (χ0v) is 22.8. The molecule has 2 aliphatic heterocycles. The number of piperazine rings is 1. The largest absolute Gasteiger partial charge is 0.454 e. The van der Waals surface area contributed by atoms with Gasteiger partial charge in [-0.15, -0.1) is 11.3 Å². The van der Waals surface area contributed by atoms with Gasteiger partial charge in [0.2, 0.25) is 12.2 Å². The molecule has 5 heterocycles. The average Bonchev–Trinajstić information content (AvgIpc) is 3.70. The summed E-state index contributed by atoms with van der Waals surface area (Å²) in [6.45, 7) is 5.81. The summed E-state index contributed by atoms with van der Waals surface area (Å²) in [7, 11) is 2.13. The Kier molecular flexibility index (Phi) is 6.41. The minimum atomic E-state index is -0.612. The third-order valence-corrected chi connectivity index (χ3v) is 8.35. The zero-order valence-electron chi connectivity index (χ0n) is 22.0. The quantitative estimate of drug-likeness (QED) is 0.300. The Morgan fingerprint density at radius 3 is 2.77 bits per heavy atom. The van der Waals surface area contributed by atoms with Crippen molar-refractivity contribution in [3.63, 3.8) is 0 Å². The standard InChI is InChI=1S/C29H28FN5O4S/c1-34-7-9-35(10-8-34)6-4-31-18-14-19(30)24-23(15-18)39-28-20(12-17-2-3-21-22(13-17)38-16-37-21)33-26(25(28)27(24)36)29-32-5-11-40-29/h2-3,5,11,13-15,31,33H,4,6-10,12,16H2,1H3. The highest BCUT2D eigenvalue weighted by Gasteiger charge is 2.24. The summed E-state index contributed by atoms with van der Waals surface area (Å²) in [6.07, 6.45) is 2.12. The third-order valence-electron chi connectivity index (χ3n) is 7.56. The number of benzene rings is 2. The Bertz CT molecular complexity index is 1760. The van der Waals surface area contributed by atoms with Crippen LogP contribution in [0.15, 0.2) is 51.1 Å². The summed E-state index contributed by atoms with van der Waals surface area (Å²) in [4.78, 5) is 26.3. The van der Waals surface area contributed by atoms with Gasteiger partial charge in [0.25, 0.3) is 0 Å². The van der Waals surface area contributed by atoms with Crippen LogP contribution in [0.1, 0.15) is 11.3 Å². The minimum absolute atomic E-state index is 0.0662. The van der Waals surface area contributed by atoms with Crippen LogP contribution < -0.4 is 20.2 Å². The topological polar surface area (TPSA) is 95.9 Å². The number of nitrogens with zero attached hydrogens (tertiary/aromatic N) is 3. The molecule has 0 radical (unpaired) electrons. The molecule has 5 aromatic rings. The molecule has 0 bridgehead atoms. The number of likely N-dealkylation sites (N-methyl/N-ethyl adjacent to an activating group) is 1. The molecule has 0 saturated carbocycles. The number of H-pyrrole nitrogens is 1. The molecule has 1 saturated heterocycles. The van der Waals surface area contributed by atoms with Crippen molar-refractivity contribution < 1.29 is 18.3 Å². The smallest absolute Gasteiger partial charge is 0.231 e. The van der Waals surface area contributed by atoms with Gasteiger partial charge in [0.1, 0.15) is 21.8 Å². The van der Waals surface area contributed by atoms with Crippen LogP contribution in [0.5, 0.6) is 11.5 Å². The van der Waals surface area contributed by atoms with Gasteiger partial charge < -0.3 is 29.1 Å². The van der Waals surface area contributed by atoms with E-state index in [0.29, 0.717) is 57.5 Å². The lowest BCUT2D eigenvalue weighted by molar-refractivity contribution is 0.158. The van der Waals surface area contributed by atoms with Gasteiger partial charge in [-0.3, -0.25) is 9.69 Å². The highest BCUT2D eigenvalue weighted by Crippen LogP contribution is 2.36. The Morgan fingerprint density at radius 2 is 1.95 bits per heavy atom. The van der Waals surface area contributed by atoms with E-state index in [1.165, 1.54) is 17.4 Å². The average molecular weight is 562 g/mol. The fraction of sp³-hybridized carbons (Fsp3) is 0.310. The fourth-order valence-electron chi connectivity index (χ4n) is 5.40. The third kappa shape index (κ3) is 4.59. The van der Waals surface area contributed by atoms with Crippen LogP contribution in [0.2, 0.25) is 0 Å².